The van der Waals surface area contributed by atoms with Crippen molar-refractivity contribution in [2.24, 2.45) is 0 Å². The van der Waals surface area contributed by atoms with E-state index >= 15 is 0 Å². The van der Waals surface area contributed by atoms with Crippen molar-refractivity contribution in [3.05, 3.63) is 70.8 Å². The SMILES string of the molecule is CCN(CC)C(=O)c1ccc(NC(=O)/C=C/c2ccc(Cl)cc2)cc1. The zero-order valence-electron chi connectivity index (χ0n) is 14.3. The number of nitrogens with zero attached hydrogens (tertiary/aromatic N) is 1. The van der Waals surface area contributed by atoms with Gasteiger partial charge in [-0.25, -0.2) is 0 Å². The highest BCUT2D eigenvalue weighted by Crippen LogP contribution is 2.13. The molecule has 0 bridgehead atoms. The molecule has 0 saturated heterocycles. The van der Waals surface area contributed by atoms with Crippen molar-refractivity contribution >= 4 is 35.2 Å². The molecule has 0 aliphatic carbocycles. The quantitative estimate of drug-likeness (QED) is 0.776. The van der Waals surface area contributed by atoms with Crippen molar-refractivity contribution in [2.75, 3.05) is 18.4 Å². The summed E-state index contributed by atoms with van der Waals surface area (Å²) in [5.74, 6) is -0.247. The Morgan fingerprint density at radius 1 is 1.00 bits per heavy atom. The molecule has 5 heteroatoms. The van der Waals surface area contributed by atoms with Gasteiger partial charge in [0.15, 0.2) is 0 Å². The van der Waals surface area contributed by atoms with Gasteiger partial charge in [-0.3, -0.25) is 9.59 Å². The van der Waals surface area contributed by atoms with Crippen LogP contribution in [0.5, 0.6) is 0 Å². The Balaban J connectivity index is 1.97. The lowest BCUT2D eigenvalue weighted by molar-refractivity contribution is -0.111. The van der Waals surface area contributed by atoms with Gasteiger partial charge >= 0.3 is 0 Å². The van der Waals surface area contributed by atoms with E-state index in [1.165, 1.54) is 6.08 Å². The first kappa shape index (κ1) is 18.7. The maximum atomic E-state index is 12.2. The molecule has 0 heterocycles. The average molecular weight is 357 g/mol. The van der Waals surface area contributed by atoms with Crippen LogP contribution >= 0.6 is 11.6 Å². The number of hydrogen-bond acceptors (Lipinski definition) is 2. The number of benzene rings is 2. The number of rotatable bonds is 6. The highest BCUT2D eigenvalue weighted by atomic mass is 35.5. The third-order valence-corrected chi connectivity index (χ3v) is 4.00. The van der Waals surface area contributed by atoms with Gasteiger partial charge in [-0.15, -0.1) is 0 Å². The average Bonchev–Trinajstić information content (AvgIpc) is 2.63. The van der Waals surface area contributed by atoms with Crippen molar-refractivity contribution in [1.29, 1.82) is 0 Å². The molecule has 2 aromatic rings. The van der Waals surface area contributed by atoms with Crippen LogP contribution in [0.15, 0.2) is 54.6 Å². The van der Waals surface area contributed by atoms with Crippen LogP contribution in [0.1, 0.15) is 29.8 Å². The molecule has 0 aromatic heterocycles. The van der Waals surface area contributed by atoms with Gasteiger partial charge in [-0.2, -0.15) is 0 Å². The molecule has 0 fully saturated rings. The molecule has 1 N–H and O–H groups in total. The van der Waals surface area contributed by atoms with Gasteiger partial charge in [0, 0.05) is 35.4 Å². The van der Waals surface area contributed by atoms with E-state index in [9.17, 15) is 9.59 Å². The Hall–Kier alpha value is -2.59. The monoisotopic (exact) mass is 356 g/mol. The van der Waals surface area contributed by atoms with Crippen LogP contribution in [0.3, 0.4) is 0 Å². The van der Waals surface area contributed by atoms with Crippen molar-refractivity contribution < 1.29 is 9.59 Å². The third-order valence-electron chi connectivity index (χ3n) is 3.75. The number of hydrogen-bond donors (Lipinski definition) is 1. The molecule has 130 valence electrons. The first-order chi connectivity index (χ1) is 12.0. The van der Waals surface area contributed by atoms with E-state index in [1.54, 1.807) is 47.4 Å². The second kappa shape index (κ2) is 9.04. The number of carbonyl (C=O) groups is 2. The fraction of sp³-hybridized carbons (Fsp3) is 0.200. The zero-order chi connectivity index (χ0) is 18.2. The predicted molar refractivity (Wildman–Crippen MR) is 103 cm³/mol. The van der Waals surface area contributed by atoms with Gasteiger partial charge in [-0.1, -0.05) is 23.7 Å². The Morgan fingerprint density at radius 2 is 1.60 bits per heavy atom. The molecule has 0 spiro atoms. The van der Waals surface area contributed by atoms with Gasteiger partial charge in [0.1, 0.15) is 0 Å². The molecule has 2 rings (SSSR count). The first-order valence-electron chi connectivity index (χ1n) is 8.17. The Kier molecular flexibility index (Phi) is 6.78. The minimum Gasteiger partial charge on any atom is -0.339 e. The van der Waals surface area contributed by atoms with Crippen LogP contribution < -0.4 is 5.32 Å². The first-order valence-corrected chi connectivity index (χ1v) is 8.55. The van der Waals surface area contributed by atoms with Crippen LogP contribution in [0.2, 0.25) is 5.02 Å². The molecule has 2 aromatic carbocycles. The van der Waals surface area contributed by atoms with Crippen LogP contribution in [0, 0.1) is 0 Å². The number of halogens is 1. The Bertz CT molecular complexity index is 748. The molecule has 0 saturated carbocycles. The van der Waals surface area contributed by atoms with Gasteiger partial charge in [0.25, 0.3) is 5.91 Å². The van der Waals surface area contributed by atoms with E-state index in [-0.39, 0.29) is 11.8 Å². The van der Waals surface area contributed by atoms with Crippen molar-refractivity contribution in [3.8, 4) is 0 Å². The van der Waals surface area contributed by atoms with Crippen molar-refractivity contribution in [3.63, 3.8) is 0 Å². The molecule has 4 nitrogen and oxygen atoms in total. The van der Waals surface area contributed by atoms with Crippen LogP contribution in [-0.4, -0.2) is 29.8 Å². The van der Waals surface area contributed by atoms with E-state index in [0.29, 0.717) is 29.4 Å². The highest BCUT2D eigenvalue weighted by Gasteiger charge is 2.11. The topological polar surface area (TPSA) is 49.4 Å². The van der Waals surface area contributed by atoms with Crippen LogP contribution in [0.4, 0.5) is 5.69 Å². The van der Waals surface area contributed by atoms with E-state index in [4.69, 9.17) is 11.6 Å². The molecular formula is C20H21ClN2O2. The Labute approximate surface area is 153 Å². The smallest absolute Gasteiger partial charge is 0.253 e. The normalized spacial score (nSPS) is 10.7. The van der Waals surface area contributed by atoms with E-state index in [1.807, 2.05) is 26.0 Å². The summed E-state index contributed by atoms with van der Waals surface area (Å²) >= 11 is 5.82. The summed E-state index contributed by atoms with van der Waals surface area (Å²) in [5, 5.41) is 3.42. The molecular weight excluding hydrogens is 336 g/mol. The van der Waals surface area contributed by atoms with Gasteiger partial charge < -0.3 is 10.2 Å². The minimum atomic E-state index is -0.238. The van der Waals surface area contributed by atoms with E-state index < -0.39 is 0 Å². The van der Waals surface area contributed by atoms with Crippen molar-refractivity contribution in [2.45, 2.75) is 13.8 Å². The standard InChI is InChI=1S/C20H21ClN2O2/c1-3-23(4-2)20(25)16-8-12-18(13-9-16)22-19(24)14-7-15-5-10-17(21)11-6-15/h5-14H,3-4H2,1-2H3,(H,22,24)/b14-7+. The summed E-state index contributed by atoms with van der Waals surface area (Å²) in [6.45, 7) is 5.23. The molecule has 0 aliphatic rings. The molecule has 25 heavy (non-hydrogen) atoms. The van der Waals surface area contributed by atoms with Crippen LogP contribution in [0.25, 0.3) is 6.08 Å². The third kappa shape index (κ3) is 5.47. The fourth-order valence-electron chi connectivity index (χ4n) is 2.32. The van der Waals surface area contributed by atoms with Crippen molar-refractivity contribution in [1.82, 2.24) is 4.90 Å². The number of amides is 2. The highest BCUT2D eigenvalue weighted by molar-refractivity contribution is 6.30. The summed E-state index contributed by atoms with van der Waals surface area (Å²) in [5.41, 5.74) is 2.14. The fourth-order valence-corrected chi connectivity index (χ4v) is 2.45. The summed E-state index contributed by atoms with van der Waals surface area (Å²) in [7, 11) is 0. The molecule has 0 atom stereocenters. The Morgan fingerprint density at radius 3 is 2.16 bits per heavy atom. The van der Waals surface area contributed by atoms with Gasteiger partial charge in [0.2, 0.25) is 5.91 Å². The summed E-state index contributed by atoms with van der Waals surface area (Å²) in [6, 6.07) is 14.1. The van der Waals surface area contributed by atoms with Crippen LogP contribution in [-0.2, 0) is 4.79 Å². The van der Waals surface area contributed by atoms with E-state index in [0.717, 1.165) is 5.56 Å². The molecule has 0 aliphatic heterocycles. The summed E-state index contributed by atoms with van der Waals surface area (Å²) < 4.78 is 0. The lowest BCUT2D eigenvalue weighted by atomic mass is 10.1. The number of nitrogens with one attached hydrogen (secondary N) is 1. The second-order valence-electron chi connectivity index (χ2n) is 5.43. The van der Waals surface area contributed by atoms with Gasteiger partial charge in [0.05, 0.1) is 0 Å². The summed E-state index contributed by atoms with van der Waals surface area (Å²) in [6.07, 6.45) is 3.17. The molecule has 0 radical (unpaired) electrons. The molecule has 0 unspecified atom stereocenters. The van der Waals surface area contributed by atoms with Gasteiger partial charge in [-0.05, 0) is 61.9 Å². The maximum absolute atomic E-state index is 12.2. The lowest BCUT2D eigenvalue weighted by Gasteiger charge is -2.18. The van der Waals surface area contributed by atoms with E-state index in [2.05, 4.69) is 5.32 Å². The summed E-state index contributed by atoms with van der Waals surface area (Å²) in [4.78, 5) is 26.0. The number of anilines is 1. The molecule has 2 amide bonds. The largest absolute Gasteiger partial charge is 0.339 e. The number of carbonyl (C=O) groups excluding carboxylic acids is 2. The second-order valence-corrected chi connectivity index (χ2v) is 5.87. The predicted octanol–water partition coefficient (Wildman–Crippen LogP) is 4.47. The lowest BCUT2D eigenvalue weighted by Crippen LogP contribution is -2.30. The minimum absolute atomic E-state index is 0.00879. The maximum Gasteiger partial charge on any atom is 0.253 e. The zero-order valence-corrected chi connectivity index (χ0v) is 15.1.